The van der Waals surface area contributed by atoms with Crippen LogP contribution in [0.4, 0.5) is 0 Å². The molecule has 0 radical (unpaired) electrons. The third-order valence-corrected chi connectivity index (χ3v) is 5.81. The van der Waals surface area contributed by atoms with Gasteiger partial charge < -0.3 is 4.74 Å². The van der Waals surface area contributed by atoms with Crippen LogP contribution < -0.4 is 0 Å². The van der Waals surface area contributed by atoms with Crippen molar-refractivity contribution in [1.29, 1.82) is 0 Å². The number of hydrogen-bond acceptors (Lipinski definition) is 2. The Kier molecular flexibility index (Phi) is 3.40. The average molecular weight is 294 g/mol. The van der Waals surface area contributed by atoms with Crippen molar-refractivity contribution >= 4 is 16.7 Å². The lowest BCUT2D eigenvalue weighted by molar-refractivity contribution is -0.149. The van der Waals surface area contributed by atoms with Gasteiger partial charge in [0, 0.05) is 0 Å². The summed E-state index contributed by atoms with van der Waals surface area (Å²) in [6.07, 6.45) is 4.80. The highest BCUT2D eigenvalue weighted by molar-refractivity contribution is 5.87. The van der Waals surface area contributed by atoms with E-state index >= 15 is 0 Å². The lowest BCUT2D eigenvalue weighted by Gasteiger charge is -2.35. The Morgan fingerprint density at radius 1 is 1.05 bits per heavy atom. The second kappa shape index (κ2) is 5.42. The number of carbonyl (C=O) groups is 1. The zero-order chi connectivity index (χ0) is 15.1. The third kappa shape index (κ3) is 2.13. The molecule has 0 amide bonds. The summed E-state index contributed by atoms with van der Waals surface area (Å²) in [4.78, 5) is 12.5. The van der Waals surface area contributed by atoms with E-state index in [2.05, 4.69) is 42.5 Å². The molecule has 4 atom stereocenters. The molecule has 0 saturated heterocycles. The predicted octanol–water partition coefficient (Wildman–Crippen LogP) is 4.53. The number of benzene rings is 2. The molecule has 0 aliphatic heterocycles. The van der Waals surface area contributed by atoms with Gasteiger partial charge in [0.15, 0.2) is 0 Å². The number of methoxy groups -OCH3 is 1. The van der Waals surface area contributed by atoms with Gasteiger partial charge in [-0.15, -0.1) is 0 Å². The van der Waals surface area contributed by atoms with Crippen molar-refractivity contribution in [2.45, 2.75) is 31.6 Å². The molecule has 2 aromatic rings. The predicted molar refractivity (Wildman–Crippen MR) is 87.6 cm³/mol. The number of ether oxygens (including phenoxy) is 1. The summed E-state index contributed by atoms with van der Waals surface area (Å²) in [6.45, 7) is 0. The van der Waals surface area contributed by atoms with E-state index in [1.165, 1.54) is 42.7 Å². The number of carbonyl (C=O) groups excluding carboxylic acids is 1. The Balaban J connectivity index is 1.82. The zero-order valence-corrected chi connectivity index (χ0v) is 13.0. The topological polar surface area (TPSA) is 26.3 Å². The van der Waals surface area contributed by atoms with Crippen LogP contribution in [-0.2, 0) is 9.53 Å². The van der Waals surface area contributed by atoms with E-state index in [-0.39, 0.29) is 11.9 Å². The van der Waals surface area contributed by atoms with Crippen LogP contribution in [0.3, 0.4) is 0 Å². The lowest BCUT2D eigenvalue weighted by Crippen LogP contribution is -2.33. The van der Waals surface area contributed by atoms with Crippen LogP contribution in [0.2, 0.25) is 0 Å². The Morgan fingerprint density at radius 3 is 2.73 bits per heavy atom. The van der Waals surface area contributed by atoms with Crippen LogP contribution >= 0.6 is 0 Å². The van der Waals surface area contributed by atoms with E-state index in [9.17, 15) is 4.79 Å². The SMILES string of the molecule is COC(=O)C1C2CCC(C2)CC1c1cccc2ccccc12. The van der Waals surface area contributed by atoms with E-state index in [0.717, 1.165) is 12.3 Å². The first-order chi connectivity index (χ1) is 10.8. The van der Waals surface area contributed by atoms with Crippen LogP contribution in [0, 0.1) is 17.8 Å². The first-order valence-corrected chi connectivity index (χ1v) is 8.33. The standard InChI is InChI=1S/C20H22O2/c1-22-20(21)19-15-10-9-13(11-15)12-18(19)17-8-4-6-14-5-2-3-7-16(14)17/h2-8,13,15,18-19H,9-12H2,1H3. The Hall–Kier alpha value is -1.83. The summed E-state index contributed by atoms with van der Waals surface area (Å²) in [5, 5.41) is 2.56. The fourth-order valence-corrected chi connectivity index (χ4v) is 4.88. The van der Waals surface area contributed by atoms with Gasteiger partial charge in [-0.3, -0.25) is 4.79 Å². The fourth-order valence-electron chi connectivity index (χ4n) is 4.88. The monoisotopic (exact) mass is 294 g/mol. The molecule has 0 aromatic heterocycles. The molecule has 22 heavy (non-hydrogen) atoms. The van der Waals surface area contributed by atoms with Crippen LogP contribution in [-0.4, -0.2) is 13.1 Å². The van der Waals surface area contributed by atoms with Gasteiger partial charge in [-0.05, 0) is 53.4 Å². The number of hydrogen-bond donors (Lipinski definition) is 0. The van der Waals surface area contributed by atoms with Crippen LogP contribution in [0.15, 0.2) is 42.5 Å². The van der Waals surface area contributed by atoms with E-state index in [4.69, 9.17) is 4.74 Å². The Bertz CT molecular complexity index is 700. The Labute approximate surface area is 131 Å². The van der Waals surface area contributed by atoms with Crippen LogP contribution in [0.25, 0.3) is 10.8 Å². The zero-order valence-electron chi connectivity index (χ0n) is 13.0. The first-order valence-electron chi connectivity index (χ1n) is 8.33. The van der Waals surface area contributed by atoms with E-state index < -0.39 is 0 Å². The molecule has 2 heteroatoms. The molecule has 2 fully saturated rings. The molecular weight excluding hydrogens is 272 g/mol. The maximum atomic E-state index is 12.5. The molecule has 2 aromatic carbocycles. The quantitative estimate of drug-likeness (QED) is 0.760. The summed E-state index contributed by atoms with van der Waals surface area (Å²) < 4.78 is 5.17. The molecule has 2 saturated carbocycles. The van der Waals surface area contributed by atoms with Gasteiger partial charge in [0.2, 0.25) is 0 Å². The third-order valence-electron chi connectivity index (χ3n) is 5.81. The normalized spacial score (nSPS) is 30.4. The summed E-state index contributed by atoms with van der Waals surface area (Å²) in [6, 6.07) is 15.0. The smallest absolute Gasteiger partial charge is 0.309 e. The van der Waals surface area contributed by atoms with E-state index in [0.29, 0.717) is 11.8 Å². The molecule has 0 N–H and O–H groups in total. The van der Waals surface area contributed by atoms with Crippen molar-refractivity contribution in [2.75, 3.05) is 7.11 Å². The minimum Gasteiger partial charge on any atom is -0.469 e. The van der Waals surface area contributed by atoms with Gasteiger partial charge >= 0.3 is 5.97 Å². The molecule has 0 spiro atoms. The molecule has 2 nitrogen and oxygen atoms in total. The largest absolute Gasteiger partial charge is 0.469 e. The fraction of sp³-hybridized carbons (Fsp3) is 0.450. The highest BCUT2D eigenvalue weighted by atomic mass is 16.5. The lowest BCUT2D eigenvalue weighted by atomic mass is 9.68. The van der Waals surface area contributed by atoms with Crippen LogP contribution in [0.5, 0.6) is 0 Å². The number of fused-ring (bicyclic) bond motifs is 3. The van der Waals surface area contributed by atoms with Gasteiger partial charge in [-0.1, -0.05) is 48.9 Å². The second-order valence-corrected chi connectivity index (χ2v) is 6.90. The molecule has 2 bridgehead atoms. The molecule has 4 unspecified atom stereocenters. The van der Waals surface area contributed by atoms with Gasteiger partial charge in [0.1, 0.15) is 0 Å². The van der Waals surface area contributed by atoms with Gasteiger partial charge in [-0.2, -0.15) is 0 Å². The number of esters is 1. The molecule has 0 heterocycles. The molecule has 2 aliphatic carbocycles. The summed E-state index contributed by atoms with van der Waals surface area (Å²) >= 11 is 0. The van der Waals surface area contributed by atoms with Crippen molar-refractivity contribution in [1.82, 2.24) is 0 Å². The van der Waals surface area contributed by atoms with Crippen molar-refractivity contribution < 1.29 is 9.53 Å². The van der Waals surface area contributed by atoms with Crippen molar-refractivity contribution in [3.05, 3.63) is 48.0 Å². The second-order valence-electron chi connectivity index (χ2n) is 6.90. The van der Waals surface area contributed by atoms with Gasteiger partial charge in [-0.25, -0.2) is 0 Å². The average Bonchev–Trinajstić information content (AvgIpc) is 2.95. The minimum absolute atomic E-state index is 0.0108. The van der Waals surface area contributed by atoms with Crippen molar-refractivity contribution in [3.8, 4) is 0 Å². The van der Waals surface area contributed by atoms with Crippen molar-refractivity contribution in [2.24, 2.45) is 17.8 Å². The van der Waals surface area contributed by atoms with Crippen LogP contribution in [0.1, 0.15) is 37.2 Å². The van der Waals surface area contributed by atoms with Gasteiger partial charge in [0.25, 0.3) is 0 Å². The molecule has 2 aliphatic rings. The molecule has 4 rings (SSSR count). The highest BCUT2D eigenvalue weighted by Gasteiger charge is 2.46. The summed E-state index contributed by atoms with van der Waals surface area (Å²) in [7, 11) is 1.53. The number of rotatable bonds is 2. The molecule has 114 valence electrons. The van der Waals surface area contributed by atoms with E-state index in [1.807, 2.05) is 0 Å². The Morgan fingerprint density at radius 2 is 1.86 bits per heavy atom. The highest BCUT2D eigenvalue weighted by Crippen LogP contribution is 2.53. The van der Waals surface area contributed by atoms with Crippen molar-refractivity contribution in [3.63, 3.8) is 0 Å². The molecular formula is C20H22O2. The first kappa shape index (κ1) is 13.8. The summed E-state index contributed by atoms with van der Waals surface area (Å²) in [5.41, 5.74) is 1.34. The summed E-state index contributed by atoms with van der Waals surface area (Å²) in [5.74, 6) is 1.63. The minimum atomic E-state index is -0.0108. The maximum absolute atomic E-state index is 12.5. The van der Waals surface area contributed by atoms with Gasteiger partial charge in [0.05, 0.1) is 13.0 Å². The van der Waals surface area contributed by atoms with E-state index in [1.54, 1.807) is 0 Å². The maximum Gasteiger partial charge on any atom is 0.309 e.